The standard InChI is InChI=1S/C13H21F3N6O/c1-9-5-21(6-10(9)20(2)3)12(23)18-4-11(13(14,15)16)22-8-17-7-19-22/h7-11H,4-6H2,1-3H3,(H,18,23). The first-order valence-corrected chi connectivity index (χ1v) is 7.30. The fourth-order valence-corrected chi connectivity index (χ4v) is 2.82. The maximum Gasteiger partial charge on any atom is 0.412 e. The summed E-state index contributed by atoms with van der Waals surface area (Å²) in [6, 6.07) is -2.22. The minimum Gasteiger partial charge on any atom is -0.335 e. The third kappa shape index (κ3) is 4.12. The highest BCUT2D eigenvalue weighted by molar-refractivity contribution is 5.74. The number of likely N-dealkylation sites (N-methyl/N-ethyl adjacent to an activating group) is 1. The van der Waals surface area contributed by atoms with Crippen LogP contribution in [0.5, 0.6) is 0 Å². The SMILES string of the molecule is CC1CN(C(=O)NCC(n2cncn2)C(F)(F)F)CC1N(C)C. The third-order valence-corrected chi connectivity index (χ3v) is 4.10. The lowest BCUT2D eigenvalue weighted by molar-refractivity contribution is -0.168. The zero-order valence-corrected chi connectivity index (χ0v) is 13.3. The van der Waals surface area contributed by atoms with E-state index in [-0.39, 0.29) is 12.0 Å². The molecule has 1 aliphatic heterocycles. The molecule has 0 aromatic carbocycles. The second-order valence-corrected chi connectivity index (χ2v) is 6.03. The molecule has 0 saturated carbocycles. The number of alkyl halides is 3. The highest BCUT2D eigenvalue weighted by Gasteiger charge is 2.42. The topological polar surface area (TPSA) is 66.3 Å². The van der Waals surface area contributed by atoms with Crippen molar-refractivity contribution >= 4 is 6.03 Å². The van der Waals surface area contributed by atoms with E-state index >= 15 is 0 Å². The Morgan fingerprint density at radius 1 is 1.43 bits per heavy atom. The fraction of sp³-hybridized carbons (Fsp3) is 0.769. The normalized spacial score (nSPS) is 23.3. The second kappa shape index (κ2) is 6.73. The van der Waals surface area contributed by atoms with Gasteiger partial charge in [-0.05, 0) is 20.0 Å². The van der Waals surface area contributed by atoms with Crippen LogP contribution in [0.2, 0.25) is 0 Å². The number of amides is 2. The average molecular weight is 334 g/mol. The zero-order valence-electron chi connectivity index (χ0n) is 13.3. The van der Waals surface area contributed by atoms with Gasteiger partial charge in [-0.2, -0.15) is 18.3 Å². The molecular formula is C13H21F3N6O. The van der Waals surface area contributed by atoms with Crippen LogP contribution in [-0.2, 0) is 0 Å². The number of halogens is 3. The van der Waals surface area contributed by atoms with Crippen LogP contribution in [0.25, 0.3) is 0 Å². The number of nitrogens with one attached hydrogen (secondary N) is 1. The van der Waals surface area contributed by atoms with Crippen LogP contribution < -0.4 is 5.32 Å². The van der Waals surface area contributed by atoms with E-state index in [1.807, 2.05) is 25.9 Å². The average Bonchev–Trinajstić information content (AvgIpc) is 3.06. The number of likely N-dealkylation sites (tertiary alicyclic amines) is 1. The van der Waals surface area contributed by atoms with Gasteiger partial charge in [-0.15, -0.1) is 0 Å². The van der Waals surface area contributed by atoms with Gasteiger partial charge in [-0.1, -0.05) is 6.92 Å². The van der Waals surface area contributed by atoms with Crippen LogP contribution in [0.4, 0.5) is 18.0 Å². The molecule has 3 atom stereocenters. The predicted molar refractivity (Wildman–Crippen MR) is 76.7 cm³/mol. The van der Waals surface area contributed by atoms with E-state index in [1.165, 1.54) is 0 Å². The smallest absolute Gasteiger partial charge is 0.335 e. The Morgan fingerprint density at radius 2 is 2.13 bits per heavy atom. The molecule has 2 heterocycles. The Balaban J connectivity index is 1.95. The molecule has 1 aromatic heterocycles. The quantitative estimate of drug-likeness (QED) is 0.891. The molecule has 3 unspecified atom stereocenters. The third-order valence-electron chi connectivity index (χ3n) is 4.10. The largest absolute Gasteiger partial charge is 0.412 e. The predicted octanol–water partition coefficient (Wildman–Crippen LogP) is 0.973. The van der Waals surface area contributed by atoms with E-state index in [9.17, 15) is 18.0 Å². The minimum absolute atomic E-state index is 0.203. The molecular weight excluding hydrogens is 313 g/mol. The summed E-state index contributed by atoms with van der Waals surface area (Å²) in [6.45, 7) is 2.46. The van der Waals surface area contributed by atoms with Crippen molar-refractivity contribution in [3.05, 3.63) is 12.7 Å². The second-order valence-electron chi connectivity index (χ2n) is 6.03. The lowest BCUT2D eigenvalue weighted by Gasteiger charge is -2.24. The summed E-state index contributed by atoms with van der Waals surface area (Å²) in [4.78, 5) is 19.2. The van der Waals surface area contributed by atoms with Crippen molar-refractivity contribution in [3.8, 4) is 0 Å². The number of nitrogens with zero attached hydrogens (tertiary/aromatic N) is 5. The first kappa shape index (κ1) is 17.5. The molecule has 1 fully saturated rings. The molecule has 0 spiro atoms. The van der Waals surface area contributed by atoms with Crippen molar-refractivity contribution in [2.24, 2.45) is 5.92 Å². The molecule has 1 saturated heterocycles. The highest BCUT2D eigenvalue weighted by Crippen LogP contribution is 2.29. The van der Waals surface area contributed by atoms with Crippen LogP contribution in [0, 0.1) is 5.92 Å². The first-order valence-electron chi connectivity index (χ1n) is 7.30. The molecule has 2 rings (SSSR count). The Labute approximate surface area is 132 Å². The van der Waals surface area contributed by atoms with Gasteiger partial charge < -0.3 is 15.1 Å². The summed E-state index contributed by atoms with van der Waals surface area (Å²) in [5, 5.41) is 5.88. The van der Waals surface area contributed by atoms with E-state index in [4.69, 9.17) is 0 Å². The molecule has 23 heavy (non-hydrogen) atoms. The van der Waals surface area contributed by atoms with E-state index in [0.717, 1.165) is 12.7 Å². The molecule has 7 nitrogen and oxygen atoms in total. The van der Waals surface area contributed by atoms with E-state index in [1.54, 1.807) is 4.90 Å². The van der Waals surface area contributed by atoms with Crippen LogP contribution in [0.3, 0.4) is 0 Å². The van der Waals surface area contributed by atoms with Gasteiger partial charge in [0, 0.05) is 19.1 Å². The Hall–Kier alpha value is -1.84. The van der Waals surface area contributed by atoms with Gasteiger partial charge in [0.1, 0.15) is 12.7 Å². The van der Waals surface area contributed by atoms with Crippen molar-refractivity contribution in [3.63, 3.8) is 0 Å². The maximum atomic E-state index is 13.1. The number of hydrogen-bond donors (Lipinski definition) is 1. The Kier molecular flexibility index (Phi) is 5.12. The fourth-order valence-electron chi connectivity index (χ4n) is 2.82. The first-order chi connectivity index (χ1) is 10.7. The summed E-state index contributed by atoms with van der Waals surface area (Å²) >= 11 is 0. The molecule has 130 valence electrons. The Morgan fingerprint density at radius 3 is 2.61 bits per heavy atom. The molecule has 2 amide bonds. The number of hydrogen-bond acceptors (Lipinski definition) is 4. The summed E-state index contributed by atoms with van der Waals surface area (Å²) in [6.07, 6.45) is -2.50. The van der Waals surface area contributed by atoms with Gasteiger partial charge in [0.25, 0.3) is 0 Å². The van der Waals surface area contributed by atoms with Crippen LogP contribution in [0.15, 0.2) is 12.7 Å². The van der Waals surface area contributed by atoms with Crippen molar-refractivity contribution in [2.45, 2.75) is 25.2 Å². The number of carbonyl (C=O) groups excluding carboxylic acids is 1. The lowest BCUT2D eigenvalue weighted by Crippen LogP contribution is -2.45. The molecule has 1 aliphatic rings. The maximum absolute atomic E-state index is 13.1. The van der Waals surface area contributed by atoms with Crippen molar-refractivity contribution < 1.29 is 18.0 Å². The number of urea groups is 1. The van der Waals surface area contributed by atoms with Crippen molar-refractivity contribution in [1.82, 2.24) is 29.9 Å². The summed E-state index contributed by atoms with van der Waals surface area (Å²) < 4.78 is 39.9. The summed E-state index contributed by atoms with van der Waals surface area (Å²) in [7, 11) is 3.85. The van der Waals surface area contributed by atoms with Crippen LogP contribution in [0.1, 0.15) is 13.0 Å². The number of carbonyl (C=O) groups is 1. The number of rotatable bonds is 4. The molecule has 1 N–H and O–H groups in total. The molecule has 0 bridgehead atoms. The Bertz CT molecular complexity index is 518. The van der Waals surface area contributed by atoms with E-state index in [2.05, 4.69) is 15.4 Å². The highest BCUT2D eigenvalue weighted by atomic mass is 19.4. The number of aromatic nitrogens is 3. The van der Waals surface area contributed by atoms with Gasteiger partial charge in [-0.3, -0.25) is 0 Å². The molecule has 0 radical (unpaired) electrons. The zero-order chi connectivity index (χ0) is 17.2. The summed E-state index contributed by atoms with van der Waals surface area (Å²) in [5.74, 6) is 0.268. The van der Waals surface area contributed by atoms with Crippen molar-refractivity contribution in [2.75, 3.05) is 33.7 Å². The van der Waals surface area contributed by atoms with Crippen molar-refractivity contribution in [1.29, 1.82) is 0 Å². The van der Waals surface area contributed by atoms with Crippen LogP contribution in [-0.4, -0.2) is 76.5 Å². The molecule has 1 aromatic rings. The van der Waals surface area contributed by atoms with Gasteiger partial charge >= 0.3 is 12.2 Å². The monoisotopic (exact) mass is 334 g/mol. The summed E-state index contributed by atoms with van der Waals surface area (Å²) in [5.41, 5.74) is 0. The van der Waals surface area contributed by atoms with E-state index in [0.29, 0.717) is 17.8 Å². The molecule has 10 heteroatoms. The lowest BCUT2D eigenvalue weighted by atomic mass is 10.1. The van der Waals surface area contributed by atoms with Gasteiger partial charge in [0.05, 0.1) is 6.54 Å². The van der Waals surface area contributed by atoms with Gasteiger partial charge in [-0.25, -0.2) is 14.5 Å². The minimum atomic E-state index is -4.52. The molecule has 0 aliphatic carbocycles. The van der Waals surface area contributed by atoms with Gasteiger partial charge in [0.2, 0.25) is 0 Å². The van der Waals surface area contributed by atoms with E-state index < -0.39 is 24.8 Å². The van der Waals surface area contributed by atoms with Crippen LogP contribution >= 0.6 is 0 Å². The van der Waals surface area contributed by atoms with Gasteiger partial charge in [0.15, 0.2) is 6.04 Å².